The van der Waals surface area contributed by atoms with E-state index in [4.69, 9.17) is 14.2 Å². The summed E-state index contributed by atoms with van der Waals surface area (Å²) in [5.74, 6) is 2.09. The van der Waals surface area contributed by atoms with Gasteiger partial charge in [0, 0.05) is 0 Å². The molecule has 0 radical (unpaired) electrons. The number of nitrogens with one attached hydrogen (secondary N) is 1. The molecule has 144 valence electrons. The summed E-state index contributed by atoms with van der Waals surface area (Å²) in [6.45, 7) is 9.05. The average Bonchev–Trinajstić information content (AvgIpc) is 2.68. The van der Waals surface area contributed by atoms with Crippen LogP contribution in [0, 0.1) is 13.8 Å². The van der Waals surface area contributed by atoms with Gasteiger partial charge in [0.2, 0.25) is 0 Å². The summed E-state index contributed by atoms with van der Waals surface area (Å²) < 4.78 is 17.2. The number of ether oxygens (including phenoxy) is 3. The van der Waals surface area contributed by atoms with E-state index in [0.717, 1.165) is 33.9 Å². The molecule has 27 heavy (non-hydrogen) atoms. The summed E-state index contributed by atoms with van der Waals surface area (Å²) >= 11 is 0. The lowest BCUT2D eigenvalue weighted by Gasteiger charge is -2.23. The fourth-order valence-corrected chi connectivity index (χ4v) is 3.05. The van der Waals surface area contributed by atoms with Gasteiger partial charge in [-0.05, 0) is 62.1 Å². The Balaban J connectivity index is 1.68. The molecule has 0 aromatic heterocycles. The van der Waals surface area contributed by atoms with Gasteiger partial charge < -0.3 is 19.5 Å². The van der Waals surface area contributed by atoms with Gasteiger partial charge in [-0.15, -0.1) is 0 Å². The van der Waals surface area contributed by atoms with Gasteiger partial charge in [-0.1, -0.05) is 25.1 Å². The van der Waals surface area contributed by atoms with Crippen LogP contribution in [0.3, 0.4) is 0 Å². The quantitative estimate of drug-likeness (QED) is 0.833. The summed E-state index contributed by atoms with van der Waals surface area (Å²) in [7, 11) is 0. The van der Waals surface area contributed by atoms with Crippen molar-refractivity contribution in [2.75, 3.05) is 13.2 Å². The van der Waals surface area contributed by atoms with Gasteiger partial charge in [-0.2, -0.15) is 0 Å². The van der Waals surface area contributed by atoms with Crippen molar-refractivity contribution in [1.29, 1.82) is 0 Å². The molecule has 0 bridgehead atoms. The second-order valence-corrected chi connectivity index (χ2v) is 6.85. The highest BCUT2D eigenvalue weighted by Crippen LogP contribution is 2.32. The van der Waals surface area contributed by atoms with Crippen LogP contribution in [0.5, 0.6) is 17.2 Å². The molecule has 0 unspecified atom stereocenters. The fourth-order valence-electron chi connectivity index (χ4n) is 3.05. The van der Waals surface area contributed by atoms with Crippen molar-refractivity contribution in [1.82, 2.24) is 5.32 Å². The molecule has 2 aromatic rings. The predicted molar refractivity (Wildman–Crippen MR) is 105 cm³/mol. The summed E-state index contributed by atoms with van der Waals surface area (Å²) in [6.07, 6.45) is 0.0535. The third-order valence-electron chi connectivity index (χ3n) is 4.91. The highest BCUT2D eigenvalue weighted by atomic mass is 16.6. The maximum absolute atomic E-state index is 12.8. The molecular formula is C22H27NO4. The number of benzene rings is 2. The van der Waals surface area contributed by atoms with Gasteiger partial charge in [-0.25, -0.2) is 0 Å². The molecule has 0 spiro atoms. The molecule has 0 fully saturated rings. The van der Waals surface area contributed by atoms with Crippen molar-refractivity contribution in [3.8, 4) is 17.2 Å². The Morgan fingerprint density at radius 1 is 1.15 bits per heavy atom. The molecule has 2 atom stereocenters. The Hall–Kier alpha value is -2.69. The van der Waals surface area contributed by atoms with Crippen molar-refractivity contribution in [2.45, 2.75) is 46.3 Å². The minimum absolute atomic E-state index is 0.124. The SMILES string of the molecule is CC[C@@H](Oc1cccc(C)c1C)C(=O)N[C@@H](C)c1ccc2c(c1)OCCO2. The van der Waals surface area contributed by atoms with Crippen LogP contribution in [0.4, 0.5) is 0 Å². The van der Waals surface area contributed by atoms with Crippen molar-refractivity contribution in [2.24, 2.45) is 0 Å². The highest BCUT2D eigenvalue weighted by molar-refractivity contribution is 5.81. The molecular weight excluding hydrogens is 342 g/mol. The maximum atomic E-state index is 12.8. The molecule has 5 heteroatoms. The number of hydrogen-bond donors (Lipinski definition) is 1. The first kappa shape index (κ1) is 19.1. The van der Waals surface area contributed by atoms with E-state index < -0.39 is 6.10 Å². The third-order valence-corrected chi connectivity index (χ3v) is 4.91. The molecule has 0 saturated carbocycles. The largest absolute Gasteiger partial charge is 0.486 e. The standard InChI is InChI=1S/C22H27NO4/c1-5-18(27-19-8-6-7-14(2)15(19)3)22(24)23-16(4)17-9-10-20-21(13-17)26-12-11-25-20/h6-10,13,16,18H,5,11-12H2,1-4H3,(H,23,24)/t16-,18+/m0/s1. The molecule has 1 N–H and O–H groups in total. The van der Waals surface area contributed by atoms with E-state index in [1.165, 1.54) is 0 Å². The molecule has 1 amide bonds. The maximum Gasteiger partial charge on any atom is 0.261 e. The van der Waals surface area contributed by atoms with Crippen LogP contribution in [0.15, 0.2) is 36.4 Å². The van der Waals surface area contributed by atoms with Crippen molar-refractivity contribution < 1.29 is 19.0 Å². The van der Waals surface area contributed by atoms with Crippen molar-refractivity contribution >= 4 is 5.91 Å². The molecule has 0 aliphatic carbocycles. The van der Waals surface area contributed by atoms with Crippen LogP contribution in [-0.4, -0.2) is 25.2 Å². The molecule has 3 rings (SSSR count). The zero-order valence-corrected chi connectivity index (χ0v) is 16.4. The van der Waals surface area contributed by atoms with E-state index in [2.05, 4.69) is 5.32 Å². The van der Waals surface area contributed by atoms with Gasteiger partial charge in [0.15, 0.2) is 17.6 Å². The van der Waals surface area contributed by atoms with Crippen molar-refractivity contribution in [3.63, 3.8) is 0 Å². The average molecular weight is 369 g/mol. The fraction of sp³-hybridized carbons (Fsp3) is 0.409. The first-order valence-corrected chi connectivity index (χ1v) is 9.42. The number of fused-ring (bicyclic) bond motifs is 1. The minimum atomic E-state index is -0.537. The third kappa shape index (κ3) is 4.35. The molecule has 2 aromatic carbocycles. The monoisotopic (exact) mass is 369 g/mol. The Morgan fingerprint density at radius 2 is 1.89 bits per heavy atom. The summed E-state index contributed by atoms with van der Waals surface area (Å²) in [6, 6.07) is 11.5. The molecule has 0 saturated heterocycles. The van der Waals surface area contributed by atoms with Gasteiger partial charge in [0.1, 0.15) is 19.0 Å². The normalized spacial score (nSPS) is 15.0. The second-order valence-electron chi connectivity index (χ2n) is 6.85. The zero-order chi connectivity index (χ0) is 19.4. The molecule has 1 aliphatic rings. The Morgan fingerprint density at radius 3 is 2.63 bits per heavy atom. The number of carbonyl (C=O) groups is 1. The molecule has 5 nitrogen and oxygen atoms in total. The van der Waals surface area contributed by atoms with Gasteiger partial charge >= 0.3 is 0 Å². The lowest BCUT2D eigenvalue weighted by Crippen LogP contribution is -2.39. The first-order valence-electron chi connectivity index (χ1n) is 9.42. The number of carbonyl (C=O) groups excluding carboxylic acids is 1. The number of amides is 1. The number of rotatable bonds is 6. The topological polar surface area (TPSA) is 56.8 Å². The highest BCUT2D eigenvalue weighted by Gasteiger charge is 2.22. The van der Waals surface area contributed by atoms with Crippen LogP contribution < -0.4 is 19.5 Å². The van der Waals surface area contributed by atoms with E-state index in [0.29, 0.717) is 19.6 Å². The summed E-state index contributed by atoms with van der Waals surface area (Å²) in [4.78, 5) is 12.8. The predicted octanol–water partition coefficient (Wildman–Crippen LogP) is 4.11. The van der Waals surface area contributed by atoms with E-state index >= 15 is 0 Å². The number of aryl methyl sites for hydroxylation is 1. The zero-order valence-electron chi connectivity index (χ0n) is 16.4. The van der Waals surface area contributed by atoms with Gasteiger partial charge in [0.25, 0.3) is 5.91 Å². The number of hydrogen-bond acceptors (Lipinski definition) is 4. The van der Waals surface area contributed by atoms with Gasteiger partial charge in [0.05, 0.1) is 6.04 Å². The van der Waals surface area contributed by atoms with E-state index in [-0.39, 0.29) is 11.9 Å². The van der Waals surface area contributed by atoms with Crippen LogP contribution in [0.1, 0.15) is 43.0 Å². The molecule has 1 aliphatic heterocycles. The lowest BCUT2D eigenvalue weighted by atomic mass is 10.1. The van der Waals surface area contributed by atoms with Crippen LogP contribution >= 0.6 is 0 Å². The minimum Gasteiger partial charge on any atom is -0.486 e. The van der Waals surface area contributed by atoms with Crippen LogP contribution in [0.25, 0.3) is 0 Å². The molecule has 1 heterocycles. The Kier molecular flexibility index (Phi) is 5.89. The van der Waals surface area contributed by atoms with E-state index in [1.54, 1.807) is 0 Å². The van der Waals surface area contributed by atoms with Crippen LogP contribution in [0.2, 0.25) is 0 Å². The lowest BCUT2D eigenvalue weighted by molar-refractivity contribution is -0.128. The van der Waals surface area contributed by atoms with Crippen molar-refractivity contribution in [3.05, 3.63) is 53.1 Å². The first-order chi connectivity index (χ1) is 13.0. The van der Waals surface area contributed by atoms with E-state index in [9.17, 15) is 4.79 Å². The van der Waals surface area contributed by atoms with Crippen LogP contribution in [-0.2, 0) is 4.79 Å². The van der Waals surface area contributed by atoms with E-state index in [1.807, 2.05) is 64.1 Å². The summed E-state index contributed by atoms with van der Waals surface area (Å²) in [5.41, 5.74) is 3.17. The van der Waals surface area contributed by atoms with Gasteiger partial charge in [-0.3, -0.25) is 4.79 Å². The Bertz CT molecular complexity index is 818. The summed E-state index contributed by atoms with van der Waals surface area (Å²) in [5, 5.41) is 3.05. The Labute approximate surface area is 160 Å². The smallest absolute Gasteiger partial charge is 0.261 e. The second kappa shape index (κ2) is 8.33.